The Kier molecular flexibility index (Phi) is 2.93. The van der Waals surface area contributed by atoms with Crippen molar-refractivity contribution in [2.24, 2.45) is 0 Å². The minimum atomic E-state index is -0.698. The monoisotopic (exact) mass is 272 g/mol. The van der Waals surface area contributed by atoms with Crippen molar-refractivity contribution in [1.82, 2.24) is 20.2 Å². The third kappa shape index (κ3) is 1.93. The van der Waals surface area contributed by atoms with E-state index in [1.807, 2.05) is 36.6 Å². The molecule has 0 aliphatic carbocycles. The van der Waals surface area contributed by atoms with Crippen molar-refractivity contribution in [3.8, 4) is 5.75 Å². The van der Waals surface area contributed by atoms with Crippen LogP contribution in [0.1, 0.15) is 25.0 Å². The van der Waals surface area contributed by atoms with Crippen LogP contribution in [0.2, 0.25) is 0 Å². The molecule has 0 saturated carbocycles. The van der Waals surface area contributed by atoms with Crippen molar-refractivity contribution in [2.45, 2.75) is 32.2 Å². The molecule has 0 spiro atoms. The maximum Gasteiger partial charge on any atom is 0.266 e. The van der Waals surface area contributed by atoms with Gasteiger partial charge in [-0.1, -0.05) is 18.2 Å². The lowest BCUT2D eigenvalue weighted by atomic mass is 9.88. The van der Waals surface area contributed by atoms with E-state index in [0.717, 1.165) is 12.4 Å². The third-order valence-corrected chi connectivity index (χ3v) is 3.77. The summed E-state index contributed by atoms with van der Waals surface area (Å²) in [5.74, 6) is 1.93. The molecule has 2 heterocycles. The molecule has 20 heavy (non-hydrogen) atoms. The van der Waals surface area contributed by atoms with Gasteiger partial charge in [0.2, 0.25) is 0 Å². The first kappa shape index (κ1) is 12.7. The first-order valence-corrected chi connectivity index (χ1v) is 6.54. The van der Waals surface area contributed by atoms with Crippen LogP contribution >= 0.6 is 0 Å². The van der Waals surface area contributed by atoms with E-state index in [2.05, 4.69) is 15.7 Å². The molecule has 1 aromatic heterocycles. The molecule has 1 amide bonds. The van der Waals surface area contributed by atoms with Crippen LogP contribution in [0.15, 0.2) is 30.3 Å². The molecular formula is C14H16N4O2. The Bertz CT molecular complexity index is 638. The molecule has 6 heteroatoms. The Morgan fingerprint density at radius 2 is 2.10 bits per heavy atom. The molecular weight excluding hydrogens is 256 g/mol. The molecule has 0 saturated heterocycles. The summed E-state index contributed by atoms with van der Waals surface area (Å²) in [6.45, 7) is 4.51. The van der Waals surface area contributed by atoms with Gasteiger partial charge >= 0.3 is 0 Å². The Labute approximate surface area is 116 Å². The highest BCUT2D eigenvalue weighted by Crippen LogP contribution is 2.33. The van der Waals surface area contributed by atoms with Crippen LogP contribution < -0.4 is 10.3 Å². The van der Waals surface area contributed by atoms with Crippen LogP contribution in [0.25, 0.3) is 0 Å². The van der Waals surface area contributed by atoms with E-state index in [-0.39, 0.29) is 5.91 Å². The molecule has 0 radical (unpaired) electrons. The first-order chi connectivity index (χ1) is 9.61. The van der Waals surface area contributed by atoms with Crippen molar-refractivity contribution >= 4 is 5.91 Å². The number of nitrogens with one attached hydrogen (secondary N) is 1. The Balaban J connectivity index is 1.74. The SMILES string of the molecule is Cc1nnc2n1CCC2(C)C(=O)NOc1ccccc1. The molecule has 0 bridgehead atoms. The second-order valence-corrected chi connectivity index (χ2v) is 5.15. The zero-order chi connectivity index (χ0) is 14.2. The zero-order valence-corrected chi connectivity index (χ0v) is 11.5. The second-order valence-electron chi connectivity index (χ2n) is 5.15. The van der Waals surface area contributed by atoms with Crippen LogP contribution in [0.3, 0.4) is 0 Å². The number of aryl methyl sites for hydroxylation is 1. The fraction of sp³-hybridized carbons (Fsp3) is 0.357. The van der Waals surface area contributed by atoms with Crippen molar-refractivity contribution in [1.29, 1.82) is 0 Å². The van der Waals surface area contributed by atoms with E-state index in [1.165, 1.54) is 0 Å². The normalized spacial score (nSPS) is 20.5. The zero-order valence-electron chi connectivity index (χ0n) is 11.5. The highest BCUT2D eigenvalue weighted by molar-refractivity contribution is 5.86. The van der Waals surface area contributed by atoms with Gasteiger partial charge in [-0.05, 0) is 32.4 Å². The van der Waals surface area contributed by atoms with E-state index in [4.69, 9.17) is 4.84 Å². The lowest BCUT2D eigenvalue weighted by Crippen LogP contribution is -2.42. The largest absolute Gasteiger partial charge is 0.380 e. The number of hydroxylamine groups is 1. The van der Waals surface area contributed by atoms with Crippen molar-refractivity contribution in [2.75, 3.05) is 0 Å². The number of rotatable bonds is 3. The van der Waals surface area contributed by atoms with Gasteiger partial charge < -0.3 is 9.40 Å². The Hall–Kier alpha value is -2.37. The molecule has 1 aliphatic rings. The van der Waals surface area contributed by atoms with E-state index in [9.17, 15) is 4.79 Å². The first-order valence-electron chi connectivity index (χ1n) is 6.54. The number of carbonyl (C=O) groups is 1. The summed E-state index contributed by atoms with van der Waals surface area (Å²) in [5.41, 5.74) is 1.81. The van der Waals surface area contributed by atoms with Crippen LogP contribution in [0, 0.1) is 6.92 Å². The molecule has 1 aromatic carbocycles. The van der Waals surface area contributed by atoms with Gasteiger partial charge in [-0.15, -0.1) is 10.2 Å². The topological polar surface area (TPSA) is 69.0 Å². The van der Waals surface area contributed by atoms with E-state index in [0.29, 0.717) is 18.0 Å². The van der Waals surface area contributed by atoms with Gasteiger partial charge in [0.25, 0.3) is 5.91 Å². The molecule has 104 valence electrons. The fourth-order valence-corrected chi connectivity index (χ4v) is 2.43. The predicted octanol–water partition coefficient (Wildman–Crippen LogP) is 1.36. The predicted molar refractivity (Wildman–Crippen MR) is 71.9 cm³/mol. The molecule has 0 fully saturated rings. The smallest absolute Gasteiger partial charge is 0.266 e. The fourth-order valence-electron chi connectivity index (χ4n) is 2.43. The summed E-state index contributed by atoms with van der Waals surface area (Å²) in [5, 5.41) is 8.15. The number of hydrogen-bond acceptors (Lipinski definition) is 4. The van der Waals surface area contributed by atoms with Gasteiger partial charge in [-0.3, -0.25) is 4.79 Å². The molecule has 2 aromatic rings. The Morgan fingerprint density at radius 3 is 2.85 bits per heavy atom. The second kappa shape index (κ2) is 4.63. The highest BCUT2D eigenvalue weighted by atomic mass is 16.7. The van der Waals surface area contributed by atoms with E-state index < -0.39 is 5.41 Å². The van der Waals surface area contributed by atoms with Crippen LogP contribution in [0.4, 0.5) is 0 Å². The van der Waals surface area contributed by atoms with Crippen LogP contribution in [-0.4, -0.2) is 20.7 Å². The summed E-state index contributed by atoms with van der Waals surface area (Å²) in [6.07, 6.45) is 0.697. The average molecular weight is 272 g/mol. The van der Waals surface area contributed by atoms with Crippen molar-refractivity contribution in [3.63, 3.8) is 0 Å². The number of aromatic nitrogens is 3. The van der Waals surface area contributed by atoms with E-state index >= 15 is 0 Å². The molecule has 1 aliphatic heterocycles. The summed E-state index contributed by atoms with van der Waals surface area (Å²) in [4.78, 5) is 17.7. The number of hydrogen-bond donors (Lipinski definition) is 1. The molecule has 6 nitrogen and oxygen atoms in total. The molecule has 1 unspecified atom stereocenters. The minimum absolute atomic E-state index is 0.201. The van der Waals surface area contributed by atoms with Gasteiger partial charge in [0.15, 0.2) is 5.75 Å². The third-order valence-electron chi connectivity index (χ3n) is 3.77. The number of carbonyl (C=O) groups excluding carboxylic acids is 1. The number of para-hydroxylation sites is 1. The molecule has 1 atom stereocenters. The van der Waals surface area contributed by atoms with Gasteiger partial charge in [-0.25, -0.2) is 0 Å². The minimum Gasteiger partial charge on any atom is -0.380 e. The van der Waals surface area contributed by atoms with Gasteiger partial charge in [-0.2, -0.15) is 5.48 Å². The number of amides is 1. The summed E-state index contributed by atoms with van der Waals surface area (Å²) < 4.78 is 1.97. The number of nitrogens with zero attached hydrogens (tertiary/aromatic N) is 3. The van der Waals surface area contributed by atoms with Crippen molar-refractivity contribution < 1.29 is 9.63 Å². The maximum absolute atomic E-state index is 12.4. The standard InChI is InChI=1S/C14H16N4O2/c1-10-15-16-12-14(2,8-9-18(10)12)13(19)17-20-11-6-4-3-5-7-11/h3-7H,8-9H2,1-2H3,(H,17,19). The summed E-state index contributed by atoms with van der Waals surface area (Å²) in [6, 6.07) is 9.14. The summed E-state index contributed by atoms with van der Waals surface area (Å²) in [7, 11) is 0. The lowest BCUT2D eigenvalue weighted by Gasteiger charge is -2.20. The van der Waals surface area contributed by atoms with Crippen LogP contribution in [-0.2, 0) is 16.8 Å². The lowest BCUT2D eigenvalue weighted by molar-refractivity contribution is -0.133. The maximum atomic E-state index is 12.4. The quantitative estimate of drug-likeness (QED) is 0.856. The summed E-state index contributed by atoms with van der Waals surface area (Å²) >= 11 is 0. The van der Waals surface area contributed by atoms with Crippen LogP contribution in [0.5, 0.6) is 5.75 Å². The van der Waals surface area contributed by atoms with Gasteiger partial charge in [0, 0.05) is 6.54 Å². The van der Waals surface area contributed by atoms with Gasteiger partial charge in [0.05, 0.1) is 0 Å². The number of benzene rings is 1. The highest BCUT2D eigenvalue weighted by Gasteiger charge is 2.44. The number of fused-ring (bicyclic) bond motifs is 1. The Morgan fingerprint density at radius 1 is 1.35 bits per heavy atom. The van der Waals surface area contributed by atoms with Gasteiger partial charge in [0.1, 0.15) is 17.1 Å². The molecule has 3 rings (SSSR count). The van der Waals surface area contributed by atoms with E-state index in [1.54, 1.807) is 12.1 Å². The molecule has 1 N–H and O–H groups in total. The average Bonchev–Trinajstić information content (AvgIpc) is 3.00. The van der Waals surface area contributed by atoms with Crippen molar-refractivity contribution in [3.05, 3.63) is 42.0 Å².